The maximum absolute atomic E-state index is 6.15. The lowest BCUT2D eigenvalue weighted by Crippen LogP contribution is -2.31. The van der Waals surface area contributed by atoms with Gasteiger partial charge in [0.25, 0.3) is 0 Å². The number of aryl methyl sites for hydroxylation is 1. The highest BCUT2D eigenvalue weighted by Gasteiger charge is 2.23. The van der Waals surface area contributed by atoms with Crippen molar-refractivity contribution in [2.24, 2.45) is 0 Å². The Morgan fingerprint density at radius 3 is 1.87 bits per heavy atom. The van der Waals surface area contributed by atoms with Gasteiger partial charge in [0.2, 0.25) is 0 Å². The molecule has 1 heterocycles. The molecule has 0 bridgehead atoms. The molecule has 0 N–H and O–H groups in total. The molecule has 0 spiro atoms. The van der Waals surface area contributed by atoms with Crippen LogP contribution < -0.4 is 0 Å². The van der Waals surface area contributed by atoms with E-state index in [1.165, 1.54) is 86.5 Å². The number of rotatable bonds is 13. The van der Waals surface area contributed by atoms with Crippen LogP contribution in [0.2, 0.25) is 0 Å². The fourth-order valence-electron chi connectivity index (χ4n) is 4.39. The van der Waals surface area contributed by atoms with Gasteiger partial charge in [-0.15, -0.1) is 0 Å². The maximum Gasteiger partial charge on any atom is 0.106 e. The van der Waals surface area contributed by atoms with E-state index in [0.717, 1.165) is 13.0 Å². The van der Waals surface area contributed by atoms with Gasteiger partial charge >= 0.3 is 0 Å². The minimum Gasteiger partial charge on any atom is -0.373 e. The van der Waals surface area contributed by atoms with E-state index in [1.54, 1.807) is 0 Å². The molecule has 0 saturated carbocycles. The normalized spacial score (nSPS) is 18.9. The van der Waals surface area contributed by atoms with Gasteiger partial charge in [-0.25, -0.2) is 0 Å². The highest BCUT2D eigenvalue weighted by molar-refractivity contribution is 5.64. The van der Waals surface area contributed by atoms with Gasteiger partial charge in [-0.05, 0) is 41.5 Å². The molecule has 0 radical (unpaired) electrons. The zero-order valence-electron chi connectivity index (χ0n) is 19.8. The van der Waals surface area contributed by atoms with E-state index in [1.807, 2.05) is 0 Å². The fourth-order valence-corrected chi connectivity index (χ4v) is 4.39. The summed E-state index contributed by atoms with van der Waals surface area (Å²) in [6, 6.07) is 17.9. The summed E-state index contributed by atoms with van der Waals surface area (Å²) in [5.41, 5.74) is 5.22. The number of hydrogen-bond donors (Lipinski definition) is 0. The van der Waals surface area contributed by atoms with E-state index in [9.17, 15) is 0 Å². The molecule has 0 aromatic heterocycles. The summed E-state index contributed by atoms with van der Waals surface area (Å²) in [6.45, 7) is 5.92. The second kappa shape index (κ2) is 13.7. The maximum atomic E-state index is 6.15. The first kappa shape index (κ1) is 24.0. The van der Waals surface area contributed by atoms with Crippen LogP contribution in [0, 0.1) is 0 Å². The van der Waals surface area contributed by atoms with E-state index in [2.05, 4.69) is 62.4 Å². The predicted molar refractivity (Wildman–Crippen MR) is 132 cm³/mol. The van der Waals surface area contributed by atoms with Gasteiger partial charge in [-0.2, -0.15) is 0 Å². The van der Waals surface area contributed by atoms with Crippen LogP contribution >= 0.6 is 0 Å². The quantitative estimate of drug-likeness (QED) is 0.302. The molecule has 1 fully saturated rings. The molecule has 3 rings (SSSR count). The number of benzene rings is 2. The van der Waals surface area contributed by atoms with Crippen molar-refractivity contribution in [1.82, 2.24) is 0 Å². The lowest BCUT2D eigenvalue weighted by atomic mass is 9.99. The van der Waals surface area contributed by atoms with Crippen LogP contribution in [0.25, 0.3) is 11.1 Å². The summed E-state index contributed by atoms with van der Waals surface area (Å²) in [5.74, 6) is 0. The molecule has 170 valence electrons. The summed E-state index contributed by atoms with van der Waals surface area (Å²) >= 11 is 0. The van der Waals surface area contributed by atoms with Gasteiger partial charge in [-0.3, -0.25) is 0 Å². The number of ether oxygens (including phenoxy) is 2. The molecular formula is C29H42O2. The fraction of sp³-hybridized carbons (Fsp3) is 0.586. The van der Waals surface area contributed by atoms with Crippen LogP contribution in [-0.4, -0.2) is 19.3 Å². The van der Waals surface area contributed by atoms with E-state index in [-0.39, 0.29) is 12.2 Å². The molecule has 0 unspecified atom stereocenters. The van der Waals surface area contributed by atoms with E-state index >= 15 is 0 Å². The van der Waals surface area contributed by atoms with Crippen molar-refractivity contribution in [3.63, 3.8) is 0 Å². The van der Waals surface area contributed by atoms with Crippen LogP contribution in [0.4, 0.5) is 0 Å². The highest BCUT2D eigenvalue weighted by Crippen LogP contribution is 2.28. The third-order valence-electron chi connectivity index (χ3n) is 6.48. The monoisotopic (exact) mass is 422 g/mol. The first-order chi connectivity index (χ1) is 15.3. The first-order valence-corrected chi connectivity index (χ1v) is 12.7. The largest absolute Gasteiger partial charge is 0.373 e. The molecule has 1 aliphatic heterocycles. The standard InChI is InChI=1S/C29H42O2/c1-3-5-7-9-11-13-28-22-31-29(23-30-28)27-20-18-26(19-21-27)25-16-14-24(15-17-25)12-10-8-6-4-2/h14-21,28-29H,3-13,22-23H2,1-2H3/t28-,29-/m1/s1. The Balaban J connectivity index is 1.43. The molecule has 2 atom stereocenters. The van der Waals surface area contributed by atoms with Gasteiger partial charge in [0.05, 0.1) is 19.3 Å². The van der Waals surface area contributed by atoms with Crippen molar-refractivity contribution >= 4 is 0 Å². The highest BCUT2D eigenvalue weighted by atomic mass is 16.6. The van der Waals surface area contributed by atoms with Gasteiger partial charge in [-0.1, -0.05) is 114 Å². The zero-order valence-corrected chi connectivity index (χ0v) is 19.8. The molecular weight excluding hydrogens is 380 g/mol. The lowest BCUT2D eigenvalue weighted by Gasteiger charge is -2.30. The summed E-state index contributed by atoms with van der Waals surface area (Å²) in [6.07, 6.45) is 14.5. The third kappa shape index (κ3) is 8.09. The molecule has 2 aromatic rings. The second-order valence-electron chi connectivity index (χ2n) is 9.11. The Morgan fingerprint density at radius 1 is 0.645 bits per heavy atom. The molecule has 31 heavy (non-hydrogen) atoms. The average Bonchev–Trinajstić information content (AvgIpc) is 2.83. The van der Waals surface area contributed by atoms with Crippen molar-refractivity contribution in [3.8, 4) is 11.1 Å². The van der Waals surface area contributed by atoms with Crippen molar-refractivity contribution in [3.05, 3.63) is 59.7 Å². The van der Waals surface area contributed by atoms with Crippen molar-refractivity contribution < 1.29 is 9.47 Å². The van der Waals surface area contributed by atoms with E-state index in [4.69, 9.17) is 9.47 Å². The van der Waals surface area contributed by atoms with E-state index < -0.39 is 0 Å². The predicted octanol–water partition coefficient (Wildman–Crippen LogP) is 8.29. The van der Waals surface area contributed by atoms with Crippen molar-refractivity contribution in [1.29, 1.82) is 0 Å². The summed E-state index contributed by atoms with van der Waals surface area (Å²) in [4.78, 5) is 0. The molecule has 2 nitrogen and oxygen atoms in total. The Kier molecular flexibility index (Phi) is 10.6. The van der Waals surface area contributed by atoms with Gasteiger partial charge < -0.3 is 9.47 Å². The summed E-state index contributed by atoms with van der Waals surface area (Å²) < 4.78 is 12.2. The third-order valence-corrected chi connectivity index (χ3v) is 6.48. The Bertz CT molecular complexity index is 711. The Hall–Kier alpha value is -1.64. The van der Waals surface area contributed by atoms with Gasteiger partial charge in [0, 0.05) is 0 Å². The zero-order chi connectivity index (χ0) is 21.7. The molecule has 0 amide bonds. The molecule has 1 aliphatic rings. The number of unbranched alkanes of at least 4 members (excludes halogenated alkanes) is 7. The second-order valence-corrected chi connectivity index (χ2v) is 9.11. The molecule has 2 heteroatoms. The van der Waals surface area contributed by atoms with Gasteiger partial charge in [0.1, 0.15) is 6.10 Å². The molecule has 0 aliphatic carbocycles. The van der Waals surface area contributed by atoms with Crippen LogP contribution in [0.15, 0.2) is 48.5 Å². The first-order valence-electron chi connectivity index (χ1n) is 12.7. The van der Waals surface area contributed by atoms with Gasteiger partial charge in [0.15, 0.2) is 0 Å². The summed E-state index contributed by atoms with van der Waals surface area (Å²) in [5, 5.41) is 0. The average molecular weight is 423 g/mol. The smallest absolute Gasteiger partial charge is 0.106 e. The SMILES string of the molecule is CCCCCCC[C@@H]1CO[C@@H](c2ccc(-c3ccc(CCCCCC)cc3)cc2)CO1. The van der Waals surface area contributed by atoms with E-state index in [0.29, 0.717) is 6.61 Å². The molecule has 2 aromatic carbocycles. The number of hydrogen-bond acceptors (Lipinski definition) is 2. The van der Waals surface area contributed by atoms with Crippen molar-refractivity contribution in [2.45, 2.75) is 96.7 Å². The Labute approximate surface area is 190 Å². The Morgan fingerprint density at radius 2 is 1.26 bits per heavy atom. The van der Waals surface area contributed by atoms with Crippen LogP contribution in [0.1, 0.15) is 95.3 Å². The van der Waals surface area contributed by atoms with Crippen molar-refractivity contribution in [2.75, 3.05) is 13.2 Å². The minimum atomic E-state index is 0.0656. The van der Waals surface area contributed by atoms with Crippen LogP contribution in [0.3, 0.4) is 0 Å². The van der Waals surface area contributed by atoms with Crippen LogP contribution in [-0.2, 0) is 15.9 Å². The minimum absolute atomic E-state index is 0.0656. The lowest BCUT2D eigenvalue weighted by molar-refractivity contribution is -0.137. The summed E-state index contributed by atoms with van der Waals surface area (Å²) in [7, 11) is 0. The molecule has 1 saturated heterocycles. The van der Waals surface area contributed by atoms with Crippen LogP contribution in [0.5, 0.6) is 0 Å². The topological polar surface area (TPSA) is 18.5 Å².